The Morgan fingerprint density at radius 1 is 0.865 bits per heavy atom. The van der Waals surface area contributed by atoms with Gasteiger partial charge in [0.2, 0.25) is 0 Å². The summed E-state index contributed by atoms with van der Waals surface area (Å²) in [5.41, 5.74) is 2.08. The van der Waals surface area contributed by atoms with Crippen molar-refractivity contribution in [1.82, 2.24) is 9.80 Å². The molecule has 3 heterocycles. The number of hydrogen-bond donors (Lipinski definition) is 0. The van der Waals surface area contributed by atoms with Gasteiger partial charge >= 0.3 is 0 Å². The molecule has 0 N–H and O–H groups in total. The zero-order valence-corrected chi connectivity index (χ0v) is 21.5. The number of halogens is 1. The summed E-state index contributed by atoms with van der Waals surface area (Å²) in [6.45, 7) is 7.17. The summed E-state index contributed by atoms with van der Waals surface area (Å²) in [5, 5.41) is 2.16. The highest BCUT2D eigenvalue weighted by Gasteiger charge is 2.30. The van der Waals surface area contributed by atoms with Gasteiger partial charge in [-0.1, -0.05) is 48.5 Å². The van der Waals surface area contributed by atoms with Crippen LogP contribution in [-0.2, 0) is 9.47 Å². The smallest absolute Gasteiger partial charge is 0.254 e. The van der Waals surface area contributed by atoms with Crippen LogP contribution in [0.3, 0.4) is 0 Å². The van der Waals surface area contributed by atoms with Gasteiger partial charge in [-0.2, -0.15) is 0 Å². The summed E-state index contributed by atoms with van der Waals surface area (Å²) in [7, 11) is 0. The summed E-state index contributed by atoms with van der Waals surface area (Å²) in [6.07, 6.45) is 4.38. The van der Waals surface area contributed by atoms with Crippen molar-refractivity contribution in [3.05, 3.63) is 83.7 Å². The summed E-state index contributed by atoms with van der Waals surface area (Å²) < 4.78 is 22.9. The number of benzene rings is 3. The van der Waals surface area contributed by atoms with Crippen LogP contribution in [0.15, 0.2) is 66.7 Å². The molecule has 0 unspecified atom stereocenters. The summed E-state index contributed by atoms with van der Waals surface area (Å²) >= 11 is 0. The lowest BCUT2D eigenvalue weighted by atomic mass is 9.89. The molecule has 6 heteroatoms. The summed E-state index contributed by atoms with van der Waals surface area (Å²) in [5.74, 6) is 1.07. The van der Waals surface area contributed by atoms with E-state index in [1.807, 2.05) is 47.4 Å². The zero-order valence-electron chi connectivity index (χ0n) is 21.5. The van der Waals surface area contributed by atoms with Crippen LogP contribution >= 0.6 is 0 Å². The number of rotatable bonds is 4. The highest BCUT2D eigenvalue weighted by Crippen LogP contribution is 2.30. The Hall–Kier alpha value is -2.80. The second-order valence-electron chi connectivity index (χ2n) is 10.3. The lowest BCUT2D eigenvalue weighted by Gasteiger charge is -2.33. The third-order valence-electron chi connectivity index (χ3n) is 7.78. The SMILES string of the molecule is C1COCOC1.O=C(c1cccc2ccccc12)N1CC[C@H](CN2CCC(c3ccc(F)cc3)CC2)C1. The standard InChI is InChI=1S/C27H29FN2O.C4H8O2/c28-24-10-8-21(9-11-24)22-13-15-29(16-14-22)18-20-12-17-30(19-20)27(31)26-7-3-5-23-4-1-2-6-25(23)26;1-2-5-4-6-3-1/h1-11,20,22H,12-19H2;1-4H2/t20-;/m1./s1. The molecule has 0 saturated carbocycles. The van der Waals surface area contributed by atoms with E-state index in [0.29, 0.717) is 18.6 Å². The fourth-order valence-corrected chi connectivity index (χ4v) is 5.74. The van der Waals surface area contributed by atoms with Crippen LogP contribution in [0.5, 0.6) is 0 Å². The van der Waals surface area contributed by atoms with Crippen molar-refractivity contribution < 1.29 is 18.7 Å². The first-order valence-corrected chi connectivity index (χ1v) is 13.6. The largest absolute Gasteiger partial charge is 0.355 e. The first kappa shape index (κ1) is 25.8. The average Bonchev–Trinajstić information content (AvgIpc) is 3.43. The first-order chi connectivity index (χ1) is 18.2. The van der Waals surface area contributed by atoms with Crippen molar-refractivity contribution >= 4 is 16.7 Å². The number of ether oxygens (including phenoxy) is 2. The lowest BCUT2D eigenvalue weighted by Crippen LogP contribution is -2.37. The van der Waals surface area contributed by atoms with Gasteiger partial charge in [0.05, 0.1) is 13.2 Å². The topological polar surface area (TPSA) is 42.0 Å². The molecule has 0 radical (unpaired) electrons. The van der Waals surface area contributed by atoms with E-state index in [9.17, 15) is 9.18 Å². The van der Waals surface area contributed by atoms with E-state index in [1.165, 1.54) is 5.56 Å². The Bertz CT molecular complexity index is 1140. The molecule has 1 amide bonds. The van der Waals surface area contributed by atoms with Crippen LogP contribution in [0.1, 0.15) is 47.5 Å². The van der Waals surface area contributed by atoms with Crippen LogP contribution < -0.4 is 0 Å². The third-order valence-corrected chi connectivity index (χ3v) is 7.78. The maximum absolute atomic E-state index is 13.2. The summed E-state index contributed by atoms with van der Waals surface area (Å²) in [4.78, 5) is 17.8. The number of carbonyl (C=O) groups excluding carboxylic acids is 1. The second kappa shape index (κ2) is 12.6. The maximum atomic E-state index is 13.2. The molecule has 3 aliphatic rings. The molecule has 0 aromatic heterocycles. The van der Waals surface area contributed by atoms with Gasteiger partial charge in [0.25, 0.3) is 5.91 Å². The number of hydrogen-bond acceptors (Lipinski definition) is 4. The molecular formula is C31H37FN2O3. The number of nitrogens with zero attached hydrogens (tertiary/aromatic N) is 2. The molecule has 6 rings (SSSR count). The van der Waals surface area contributed by atoms with Crippen molar-refractivity contribution in [2.75, 3.05) is 52.7 Å². The van der Waals surface area contributed by atoms with E-state index >= 15 is 0 Å². The second-order valence-corrected chi connectivity index (χ2v) is 10.3. The van der Waals surface area contributed by atoms with Gasteiger partial charge in [-0.3, -0.25) is 4.79 Å². The molecule has 37 heavy (non-hydrogen) atoms. The van der Waals surface area contributed by atoms with Crippen LogP contribution in [0.25, 0.3) is 10.8 Å². The Balaban J connectivity index is 0.000000412. The molecule has 3 aromatic carbocycles. The van der Waals surface area contributed by atoms with Crippen LogP contribution in [-0.4, -0.2) is 68.4 Å². The molecule has 0 aliphatic carbocycles. The molecular weight excluding hydrogens is 467 g/mol. The monoisotopic (exact) mass is 504 g/mol. The number of likely N-dealkylation sites (tertiary alicyclic amines) is 2. The average molecular weight is 505 g/mol. The van der Waals surface area contributed by atoms with Crippen molar-refractivity contribution in [3.63, 3.8) is 0 Å². The molecule has 3 aliphatic heterocycles. The fourth-order valence-electron chi connectivity index (χ4n) is 5.74. The van der Waals surface area contributed by atoms with Gasteiger partial charge in [0.15, 0.2) is 0 Å². The number of amides is 1. The molecule has 0 spiro atoms. The minimum absolute atomic E-state index is 0.161. The van der Waals surface area contributed by atoms with Gasteiger partial charge in [-0.15, -0.1) is 0 Å². The molecule has 3 aromatic rings. The number of carbonyl (C=O) groups is 1. The predicted molar refractivity (Wildman–Crippen MR) is 144 cm³/mol. The van der Waals surface area contributed by atoms with Gasteiger partial charge in [-0.05, 0) is 85.1 Å². The van der Waals surface area contributed by atoms with E-state index in [2.05, 4.69) is 17.0 Å². The van der Waals surface area contributed by atoms with Gasteiger partial charge in [0, 0.05) is 25.2 Å². The minimum Gasteiger partial charge on any atom is -0.355 e. The maximum Gasteiger partial charge on any atom is 0.254 e. The van der Waals surface area contributed by atoms with E-state index in [0.717, 1.165) is 88.0 Å². The number of fused-ring (bicyclic) bond motifs is 1. The molecule has 3 saturated heterocycles. The van der Waals surface area contributed by atoms with Gasteiger partial charge in [-0.25, -0.2) is 4.39 Å². The fraction of sp³-hybridized carbons (Fsp3) is 0.452. The number of piperidine rings is 1. The molecule has 5 nitrogen and oxygen atoms in total. The van der Waals surface area contributed by atoms with Crippen molar-refractivity contribution in [2.24, 2.45) is 5.92 Å². The Kier molecular flexibility index (Phi) is 8.82. The Labute approximate surface area is 219 Å². The quantitative estimate of drug-likeness (QED) is 0.457. The normalized spacial score (nSPS) is 21.0. The van der Waals surface area contributed by atoms with Gasteiger partial charge in [0.1, 0.15) is 12.6 Å². The molecule has 1 atom stereocenters. The van der Waals surface area contributed by atoms with Crippen LogP contribution in [0.4, 0.5) is 4.39 Å². The Morgan fingerprint density at radius 2 is 1.59 bits per heavy atom. The van der Waals surface area contributed by atoms with Crippen molar-refractivity contribution in [2.45, 2.75) is 31.6 Å². The highest BCUT2D eigenvalue weighted by molar-refractivity contribution is 6.07. The third kappa shape index (κ3) is 6.75. The van der Waals surface area contributed by atoms with Gasteiger partial charge < -0.3 is 19.3 Å². The summed E-state index contributed by atoms with van der Waals surface area (Å²) in [6, 6.07) is 21.1. The minimum atomic E-state index is -0.162. The highest BCUT2D eigenvalue weighted by atomic mass is 19.1. The van der Waals surface area contributed by atoms with E-state index in [1.54, 1.807) is 12.1 Å². The van der Waals surface area contributed by atoms with Crippen LogP contribution in [0.2, 0.25) is 0 Å². The first-order valence-electron chi connectivity index (χ1n) is 13.6. The Morgan fingerprint density at radius 3 is 2.30 bits per heavy atom. The van der Waals surface area contributed by atoms with E-state index in [-0.39, 0.29) is 11.7 Å². The van der Waals surface area contributed by atoms with E-state index in [4.69, 9.17) is 9.47 Å². The van der Waals surface area contributed by atoms with Crippen molar-refractivity contribution in [3.8, 4) is 0 Å². The van der Waals surface area contributed by atoms with E-state index < -0.39 is 0 Å². The predicted octanol–water partition coefficient (Wildman–Crippen LogP) is 5.70. The lowest BCUT2D eigenvalue weighted by molar-refractivity contribution is -0.0963. The van der Waals surface area contributed by atoms with Crippen LogP contribution in [0, 0.1) is 11.7 Å². The molecule has 0 bridgehead atoms. The van der Waals surface area contributed by atoms with Crippen molar-refractivity contribution in [1.29, 1.82) is 0 Å². The zero-order chi connectivity index (χ0) is 25.5. The molecule has 3 fully saturated rings. The molecule has 196 valence electrons.